The first-order valence-electron chi connectivity index (χ1n) is 2.94. The molecule has 0 aromatic rings. The molecule has 0 fully saturated rings. The summed E-state index contributed by atoms with van der Waals surface area (Å²) in [5, 5.41) is 7.86. The third kappa shape index (κ3) is 25.9. The summed E-state index contributed by atoms with van der Waals surface area (Å²) in [4.78, 5) is 0. The van der Waals surface area contributed by atoms with Crippen molar-refractivity contribution in [2.45, 2.75) is 0 Å². The molecule has 0 unspecified atom stereocenters. The fourth-order valence-electron chi connectivity index (χ4n) is 0.115. The molecule has 0 aliphatic heterocycles. The molecule has 7 heteroatoms. The van der Waals surface area contributed by atoms with Crippen molar-refractivity contribution in [2.24, 2.45) is 11.5 Å². The highest BCUT2D eigenvalue weighted by molar-refractivity contribution is 7.85. The van der Waals surface area contributed by atoms with Gasteiger partial charge in [0.05, 0.1) is 12.4 Å². The van der Waals surface area contributed by atoms with Crippen molar-refractivity contribution in [3.05, 3.63) is 0 Å². The lowest BCUT2D eigenvalue weighted by Crippen LogP contribution is -2.11. The summed E-state index contributed by atoms with van der Waals surface area (Å²) in [5.41, 5.74) is 9.81. The minimum absolute atomic E-state index is 0.529. The van der Waals surface area contributed by atoms with Crippen LogP contribution in [0.1, 0.15) is 0 Å². The van der Waals surface area contributed by atoms with Crippen LogP contribution in [0.4, 0.5) is 0 Å². The molecule has 0 saturated carbocycles. The highest BCUT2D eigenvalue weighted by Gasteiger charge is 1.99. The number of aliphatic hydroxyl groups is 1. The fourth-order valence-corrected chi connectivity index (χ4v) is 0.346. The maximum Gasteiger partial charge on any atom is 0.267 e. The largest absolute Gasteiger partial charge is 0.395 e. The number of hydrogen-bond acceptors (Lipinski definition) is 5. The first-order chi connectivity index (χ1) is 4.97. The molecule has 0 aromatic heterocycles. The van der Waals surface area contributed by atoms with Crippen LogP contribution in [0.3, 0.4) is 0 Å². The molecule has 0 aromatic carbocycles. The van der Waals surface area contributed by atoms with Gasteiger partial charge in [-0.2, -0.15) is 8.42 Å². The molecule has 70 valence electrons. The van der Waals surface area contributed by atoms with Crippen LogP contribution in [0.2, 0.25) is 0 Å². The van der Waals surface area contributed by atoms with Gasteiger partial charge in [-0.3, -0.25) is 4.55 Å². The summed E-state index contributed by atoms with van der Waals surface area (Å²) in [6.45, 7) is 0.666. The van der Waals surface area contributed by atoms with Crippen molar-refractivity contribution in [3.63, 3.8) is 0 Å². The SMILES string of the molecule is NCCN.O=S(=O)(O)CCO. The zero-order valence-corrected chi connectivity index (χ0v) is 6.92. The molecule has 0 aliphatic carbocycles. The number of aliphatic hydroxyl groups excluding tert-OH is 1. The lowest BCUT2D eigenvalue weighted by molar-refractivity contribution is 0.315. The lowest BCUT2D eigenvalue weighted by Gasteiger charge is -1.85. The van der Waals surface area contributed by atoms with Gasteiger partial charge in [0.15, 0.2) is 0 Å². The normalized spacial score (nSPS) is 10.2. The minimum Gasteiger partial charge on any atom is -0.395 e. The van der Waals surface area contributed by atoms with Crippen LogP contribution in [0.25, 0.3) is 0 Å². The van der Waals surface area contributed by atoms with E-state index in [0.29, 0.717) is 13.1 Å². The summed E-state index contributed by atoms with van der Waals surface area (Å²) >= 11 is 0. The third-order valence-electron chi connectivity index (χ3n) is 0.516. The van der Waals surface area contributed by atoms with Gasteiger partial charge >= 0.3 is 0 Å². The quantitative estimate of drug-likeness (QED) is 0.369. The molecule has 6 nitrogen and oxygen atoms in total. The van der Waals surface area contributed by atoms with Crippen LogP contribution in [0.5, 0.6) is 0 Å². The van der Waals surface area contributed by atoms with E-state index in [-0.39, 0.29) is 0 Å². The Balaban J connectivity index is 0. The average Bonchev–Trinajstić information content (AvgIpc) is 1.86. The van der Waals surface area contributed by atoms with E-state index in [0.717, 1.165) is 0 Å². The average molecular weight is 186 g/mol. The van der Waals surface area contributed by atoms with Crippen LogP contribution in [0, 0.1) is 0 Å². The monoisotopic (exact) mass is 186 g/mol. The van der Waals surface area contributed by atoms with Gasteiger partial charge in [0.2, 0.25) is 0 Å². The van der Waals surface area contributed by atoms with Gasteiger partial charge in [-0.15, -0.1) is 0 Å². The molecule has 0 amide bonds. The van der Waals surface area contributed by atoms with Gasteiger partial charge in [-0.05, 0) is 0 Å². The Labute approximate surface area is 65.9 Å². The molecule has 0 atom stereocenters. The number of rotatable bonds is 3. The van der Waals surface area contributed by atoms with E-state index in [1.165, 1.54) is 0 Å². The van der Waals surface area contributed by atoms with Crippen molar-refractivity contribution < 1.29 is 18.1 Å². The highest BCUT2D eigenvalue weighted by Crippen LogP contribution is 1.75. The van der Waals surface area contributed by atoms with E-state index in [4.69, 9.17) is 21.1 Å². The van der Waals surface area contributed by atoms with Gasteiger partial charge in [0, 0.05) is 13.1 Å². The molecule has 0 saturated heterocycles. The van der Waals surface area contributed by atoms with E-state index >= 15 is 0 Å². The maximum absolute atomic E-state index is 9.63. The van der Waals surface area contributed by atoms with Gasteiger partial charge < -0.3 is 16.6 Å². The fraction of sp³-hybridized carbons (Fsp3) is 1.00. The van der Waals surface area contributed by atoms with Gasteiger partial charge in [-0.1, -0.05) is 0 Å². The topological polar surface area (TPSA) is 127 Å². The first-order valence-corrected chi connectivity index (χ1v) is 4.55. The minimum atomic E-state index is -3.92. The second kappa shape index (κ2) is 7.89. The molecular weight excluding hydrogens is 172 g/mol. The Morgan fingerprint density at radius 2 is 1.55 bits per heavy atom. The van der Waals surface area contributed by atoms with Gasteiger partial charge in [0.25, 0.3) is 10.1 Å². The summed E-state index contributed by atoms with van der Waals surface area (Å²) in [6, 6.07) is 0. The Kier molecular flexibility index (Phi) is 9.60. The Morgan fingerprint density at radius 3 is 1.55 bits per heavy atom. The molecule has 0 aliphatic rings. The van der Waals surface area contributed by atoms with Crippen molar-refractivity contribution in [1.29, 1.82) is 0 Å². The predicted molar refractivity (Wildman–Crippen MR) is 41.6 cm³/mol. The summed E-state index contributed by atoms with van der Waals surface area (Å²) in [7, 11) is -3.92. The van der Waals surface area contributed by atoms with Crippen molar-refractivity contribution in [3.8, 4) is 0 Å². The maximum atomic E-state index is 9.63. The molecule has 0 bridgehead atoms. The van der Waals surface area contributed by atoms with Crippen molar-refractivity contribution in [2.75, 3.05) is 25.4 Å². The van der Waals surface area contributed by atoms with Gasteiger partial charge in [-0.25, -0.2) is 0 Å². The van der Waals surface area contributed by atoms with E-state index in [1.54, 1.807) is 0 Å². The third-order valence-corrected chi connectivity index (χ3v) is 1.21. The Hall–Kier alpha value is -0.210. The molecule has 6 N–H and O–H groups in total. The number of hydrogen-bond donors (Lipinski definition) is 4. The van der Waals surface area contributed by atoms with Crippen LogP contribution < -0.4 is 11.5 Å². The molecular formula is C4H14N2O4S. The Morgan fingerprint density at radius 1 is 1.18 bits per heavy atom. The highest BCUT2D eigenvalue weighted by atomic mass is 32.2. The first kappa shape index (κ1) is 13.4. The second-order valence-electron chi connectivity index (χ2n) is 1.59. The Bertz CT molecular complexity index is 153. The van der Waals surface area contributed by atoms with Crippen LogP contribution in [0.15, 0.2) is 0 Å². The van der Waals surface area contributed by atoms with E-state index in [2.05, 4.69) is 0 Å². The van der Waals surface area contributed by atoms with Crippen molar-refractivity contribution in [1.82, 2.24) is 0 Å². The van der Waals surface area contributed by atoms with E-state index in [1.807, 2.05) is 0 Å². The summed E-state index contributed by atoms with van der Waals surface area (Å²) in [5.74, 6) is -0.576. The molecule has 11 heavy (non-hydrogen) atoms. The standard InChI is InChI=1S/C2H8N2.C2H6O4S/c3-1-2-4;3-1-2-7(4,5)6/h1-4H2;3H,1-2H2,(H,4,5,6). The molecule has 0 rings (SSSR count). The van der Waals surface area contributed by atoms with Crippen molar-refractivity contribution >= 4 is 10.1 Å². The molecule has 0 radical (unpaired) electrons. The predicted octanol–water partition coefficient (Wildman–Crippen LogP) is -2.23. The van der Waals surface area contributed by atoms with Gasteiger partial charge in [0.1, 0.15) is 0 Å². The lowest BCUT2D eigenvalue weighted by atomic mass is 10.7. The zero-order valence-electron chi connectivity index (χ0n) is 6.10. The van der Waals surface area contributed by atoms with Crippen LogP contribution in [-0.2, 0) is 10.1 Å². The zero-order chi connectivity index (χ0) is 9.33. The second-order valence-corrected chi connectivity index (χ2v) is 3.16. The van der Waals surface area contributed by atoms with E-state index < -0.39 is 22.5 Å². The summed E-state index contributed by atoms with van der Waals surface area (Å²) in [6.07, 6.45) is 0. The summed E-state index contributed by atoms with van der Waals surface area (Å²) < 4.78 is 27.1. The van der Waals surface area contributed by atoms with E-state index in [9.17, 15) is 8.42 Å². The van der Waals surface area contributed by atoms with Crippen LogP contribution >= 0.6 is 0 Å². The molecule has 0 heterocycles. The smallest absolute Gasteiger partial charge is 0.267 e. The number of nitrogens with two attached hydrogens (primary N) is 2. The molecule has 0 spiro atoms. The van der Waals surface area contributed by atoms with Crippen LogP contribution in [-0.4, -0.2) is 43.5 Å².